The van der Waals surface area contributed by atoms with E-state index in [-0.39, 0.29) is 0 Å². The van der Waals surface area contributed by atoms with Gasteiger partial charge in [-0.15, -0.1) is 11.3 Å². The Hall–Kier alpha value is -1.33. The maximum atomic E-state index is 4.50. The molecule has 0 spiro atoms. The molecule has 0 aliphatic rings. The molecule has 0 saturated heterocycles. The fourth-order valence-electron chi connectivity index (χ4n) is 1.50. The zero-order valence-electron chi connectivity index (χ0n) is 8.62. The molecule has 0 aliphatic heterocycles. The fourth-order valence-corrected chi connectivity index (χ4v) is 3.22. The van der Waals surface area contributed by atoms with Gasteiger partial charge in [-0.25, -0.2) is 9.97 Å². The van der Waals surface area contributed by atoms with Crippen molar-refractivity contribution < 1.29 is 0 Å². The zero-order valence-corrected chi connectivity index (χ0v) is 10.3. The van der Waals surface area contributed by atoms with Gasteiger partial charge in [-0.1, -0.05) is 6.07 Å². The first kappa shape index (κ1) is 9.86. The van der Waals surface area contributed by atoms with E-state index >= 15 is 0 Å². The van der Waals surface area contributed by atoms with Crippen molar-refractivity contribution >= 4 is 28.1 Å². The largest absolute Gasteiger partial charge is 0.285 e. The molecule has 3 aromatic heterocycles. The Morgan fingerprint density at radius 3 is 3.12 bits per heavy atom. The predicted molar refractivity (Wildman–Crippen MR) is 66.2 cm³/mol. The van der Waals surface area contributed by atoms with Crippen LogP contribution in [-0.2, 0) is 0 Å². The van der Waals surface area contributed by atoms with Gasteiger partial charge in [0.05, 0.1) is 5.69 Å². The molecule has 0 saturated carbocycles. The highest BCUT2D eigenvalue weighted by atomic mass is 32.2. The van der Waals surface area contributed by atoms with E-state index in [2.05, 4.69) is 14.4 Å². The molecule has 80 valence electrons. The lowest BCUT2D eigenvalue weighted by molar-refractivity contribution is 1.03. The summed E-state index contributed by atoms with van der Waals surface area (Å²) >= 11 is 3.30. The SMILES string of the molecule is Cc1nc2sccn2c1Sc1ccccn1. The van der Waals surface area contributed by atoms with E-state index in [4.69, 9.17) is 0 Å². The average molecular weight is 247 g/mol. The first-order valence-corrected chi connectivity index (χ1v) is 6.55. The first-order chi connectivity index (χ1) is 7.84. The molecule has 0 radical (unpaired) electrons. The summed E-state index contributed by atoms with van der Waals surface area (Å²) in [5, 5.41) is 4.19. The lowest BCUT2D eigenvalue weighted by Gasteiger charge is -1.99. The van der Waals surface area contributed by atoms with Crippen LogP contribution in [0.15, 0.2) is 46.0 Å². The molecule has 3 heterocycles. The Morgan fingerprint density at radius 1 is 1.38 bits per heavy atom. The van der Waals surface area contributed by atoms with Gasteiger partial charge in [-0.3, -0.25) is 4.40 Å². The third-order valence-corrected chi connectivity index (χ3v) is 4.11. The number of imidazole rings is 1. The summed E-state index contributed by atoms with van der Waals surface area (Å²) in [4.78, 5) is 9.85. The van der Waals surface area contributed by atoms with Gasteiger partial charge in [0, 0.05) is 17.8 Å². The number of aryl methyl sites for hydroxylation is 1. The normalized spacial score (nSPS) is 11.1. The van der Waals surface area contributed by atoms with Gasteiger partial charge in [-0.05, 0) is 30.8 Å². The highest BCUT2D eigenvalue weighted by molar-refractivity contribution is 7.99. The lowest BCUT2D eigenvalue weighted by atomic mass is 10.5. The van der Waals surface area contributed by atoms with Gasteiger partial charge in [-0.2, -0.15) is 0 Å². The van der Waals surface area contributed by atoms with Crippen LogP contribution >= 0.6 is 23.1 Å². The molecule has 3 nitrogen and oxygen atoms in total. The third-order valence-electron chi connectivity index (χ3n) is 2.22. The van der Waals surface area contributed by atoms with Gasteiger partial charge >= 0.3 is 0 Å². The van der Waals surface area contributed by atoms with Crippen molar-refractivity contribution in [2.75, 3.05) is 0 Å². The molecule has 16 heavy (non-hydrogen) atoms. The molecule has 0 aromatic carbocycles. The first-order valence-electron chi connectivity index (χ1n) is 4.85. The summed E-state index contributed by atoms with van der Waals surface area (Å²) in [7, 11) is 0. The molecule has 3 rings (SSSR count). The number of aromatic nitrogens is 3. The zero-order chi connectivity index (χ0) is 11.0. The molecule has 0 N–H and O–H groups in total. The van der Waals surface area contributed by atoms with E-state index in [1.807, 2.05) is 42.9 Å². The number of rotatable bonds is 2. The van der Waals surface area contributed by atoms with Gasteiger partial charge in [0.1, 0.15) is 10.1 Å². The molecular formula is C11H9N3S2. The monoisotopic (exact) mass is 247 g/mol. The summed E-state index contributed by atoms with van der Waals surface area (Å²) < 4.78 is 2.11. The number of hydrogen-bond donors (Lipinski definition) is 0. The number of pyridine rings is 1. The second-order valence-electron chi connectivity index (χ2n) is 3.33. The second-order valence-corrected chi connectivity index (χ2v) is 5.21. The topological polar surface area (TPSA) is 30.2 Å². The summed E-state index contributed by atoms with van der Waals surface area (Å²) in [5.74, 6) is 0. The maximum Gasteiger partial charge on any atom is 0.194 e. The number of nitrogens with zero attached hydrogens (tertiary/aromatic N) is 3. The quantitative estimate of drug-likeness (QED) is 0.696. The van der Waals surface area contributed by atoms with Crippen molar-refractivity contribution in [2.24, 2.45) is 0 Å². The summed E-state index contributed by atoms with van der Waals surface area (Å²) in [6.45, 7) is 2.03. The van der Waals surface area contributed by atoms with Crippen LogP contribution in [0.25, 0.3) is 4.96 Å². The fraction of sp³-hybridized carbons (Fsp3) is 0.0909. The van der Waals surface area contributed by atoms with Gasteiger partial charge in [0.25, 0.3) is 0 Å². The van der Waals surface area contributed by atoms with Crippen molar-refractivity contribution in [3.8, 4) is 0 Å². The molecule has 0 aliphatic carbocycles. The lowest BCUT2D eigenvalue weighted by Crippen LogP contribution is -1.84. The van der Waals surface area contributed by atoms with E-state index in [1.54, 1.807) is 23.1 Å². The highest BCUT2D eigenvalue weighted by Crippen LogP contribution is 2.30. The maximum absolute atomic E-state index is 4.50. The minimum absolute atomic E-state index is 0.999. The number of fused-ring (bicyclic) bond motifs is 1. The van der Waals surface area contributed by atoms with E-state index < -0.39 is 0 Å². The van der Waals surface area contributed by atoms with Crippen LogP contribution in [0.4, 0.5) is 0 Å². The Bertz CT molecular complexity index is 612. The van der Waals surface area contributed by atoms with E-state index in [0.29, 0.717) is 0 Å². The van der Waals surface area contributed by atoms with Crippen molar-refractivity contribution in [1.82, 2.24) is 14.4 Å². The van der Waals surface area contributed by atoms with Crippen LogP contribution < -0.4 is 0 Å². The number of thiazole rings is 1. The molecule has 0 bridgehead atoms. The summed E-state index contributed by atoms with van der Waals surface area (Å²) in [5.41, 5.74) is 1.06. The Labute approximate surface area is 101 Å². The summed E-state index contributed by atoms with van der Waals surface area (Å²) in [6, 6.07) is 5.93. The molecule has 3 aromatic rings. The van der Waals surface area contributed by atoms with Gasteiger partial charge in [0.15, 0.2) is 4.96 Å². The van der Waals surface area contributed by atoms with Crippen molar-refractivity contribution in [3.05, 3.63) is 41.7 Å². The Morgan fingerprint density at radius 2 is 2.31 bits per heavy atom. The van der Waals surface area contributed by atoms with Crippen LogP contribution in [0.3, 0.4) is 0 Å². The Kier molecular flexibility index (Phi) is 2.41. The highest BCUT2D eigenvalue weighted by Gasteiger charge is 2.11. The van der Waals surface area contributed by atoms with Crippen LogP contribution in [0.5, 0.6) is 0 Å². The molecule has 0 atom stereocenters. The van der Waals surface area contributed by atoms with Crippen LogP contribution in [0.2, 0.25) is 0 Å². The smallest absolute Gasteiger partial charge is 0.194 e. The molecule has 0 fully saturated rings. The van der Waals surface area contributed by atoms with E-state index in [9.17, 15) is 0 Å². The minimum atomic E-state index is 0.999. The van der Waals surface area contributed by atoms with Gasteiger partial charge < -0.3 is 0 Å². The van der Waals surface area contributed by atoms with Crippen LogP contribution in [0.1, 0.15) is 5.69 Å². The number of hydrogen-bond acceptors (Lipinski definition) is 4. The van der Waals surface area contributed by atoms with Crippen molar-refractivity contribution in [2.45, 2.75) is 17.0 Å². The molecule has 0 amide bonds. The van der Waals surface area contributed by atoms with E-state index in [1.165, 1.54) is 0 Å². The van der Waals surface area contributed by atoms with E-state index in [0.717, 1.165) is 20.7 Å². The molecule has 5 heteroatoms. The third kappa shape index (κ3) is 1.62. The Balaban J connectivity index is 2.06. The standard InChI is InChI=1S/C11H9N3S2/c1-8-10(14-6-7-15-11(14)13-8)16-9-4-2-3-5-12-9/h2-7H,1H3. The average Bonchev–Trinajstić information content (AvgIpc) is 2.84. The molecular weight excluding hydrogens is 238 g/mol. The second kappa shape index (κ2) is 3.92. The summed E-state index contributed by atoms with van der Waals surface area (Å²) in [6.07, 6.45) is 3.86. The van der Waals surface area contributed by atoms with Gasteiger partial charge in [0.2, 0.25) is 0 Å². The van der Waals surface area contributed by atoms with Crippen molar-refractivity contribution in [1.29, 1.82) is 0 Å². The van der Waals surface area contributed by atoms with Crippen LogP contribution in [-0.4, -0.2) is 14.4 Å². The molecule has 0 unspecified atom stereocenters. The van der Waals surface area contributed by atoms with Crippen LogP contribution in [0, 0.1) is 6.92 Å². The van der Waals surface area contributed by atoms with Crippen molar-refractivity contribution in [3.63, 3.8) is 0 Å². The minimum Gasteiger partial charge on any atom is -0.285 e. The predicted octanol–water partition coefficient (Wildman–Crippen LogP) is 3.25.